The molecule has 2 rings (SSSR count). The molecule has 1 aromatic carbocycles. The molecule has 1 heterocycles. The number of nitrogens with one attached hydrogen (secondary N) is 1. The molecule has 102 valence electrons. The van der Waals surface area contributed by atoms with Crippen molar-refractivity contribution in [2.24, 2.45) is 0 Å². The first-order valence-corrected chi connectivity index (χ1v) is 7.86. The molecular formula is C17H23NS. The van der Waals surface area contributed by atoms with Gasteiger partial charge in [0.15, 0.2) is 0 Å². The van der Waals surface area contributed by atoms with Gasteiger partial charge in [-0.15, -0.1) is 11.3 Å². The molecule has 0 spiro atoms. The Morgan fingerprint density at radius 3 is 2.26 bits per heavy atom. The van der Waals surface area contributed by atoms with Crippen LogP contribution in [0.4, 0.5) is 0 Å². The highest BCUT2D eigenvalue weighted by Crippen LogP contribution is 2.32. The first-order chi connectivity index (χ1) is 9.15. The van der Waals surface area contributed by atoms with Gasteiger partial charge in [0.1, 0.15) is 0 Å². The SMILES string of the molecule is CCCNC(c1sccc1C)c1c(C)cccc1C. The second-order valence-electron chi connectivity index (χ2n) is 5.16. The van der Waals surface area contributed by atoms with Gasteiger partial charge in [0.2, 0.25) is 0 Å². The van der Waals surface area contributed by atoms with Gasteiger partial charge < -0.3 is 5.32 Å². The molecule has 1 unspecified atom stereocenters. The van der Waals surface area contributed by atoms with Gasteiger partial charge in [-0.1, -0.05) is 25.1 Å². The molecule has 0 fully saturated rings. The van der Waals surface area contributed by atoms with E-state index in [1.807, 2.05) is 11.3 Å². The van der Waals surface area contributed by atoms with Crippen molar-refractivity contribution in [2.75, 3.05) is 6.54 Å². The van der Waals surface area contributed by atoms with Gasteiger partial charge in [0.05, 0.1) is 6.04 Å². The Bertz CT molecular complexity index is 522. The summed E-state index contributed by atoms with van der Waals surface area (Å²) in [4.78, 5) is 1.45. The van der Waals surface area contributed by atoms with Gasteiger partial charge in [0.25, 0.3) is 0 Å². The molecule has 0 aliphatic carbocycles. The summed E-state index contributed by atoms with van der Waals surface area (Å²) in [6.07, 6.45) is 1.16. The molecule has 0 bridgehead atoms. The standard InChI is InChI=1S/C17H23NS/c1-5-10-18-16(17-14(4)9-11-19-17)15-12(2)7-6-8-13(15)3/h6-9,11,16,18H,5,10H2,1-4H3. The van der Waals surface area contributed by atoms with E-state index < -0.39 is 0 Å². The number of hydrogen-bond acceptors (Lipinski definition) is 2. The highest BCUT2D eigenvalue weighted by atomic mass is 32.1. The molecule has 1 nitrogen and oxygen atoms in total. The van der Waals surface area contributed by atoms with E-state index in [1.165, 1.54) is 27.1 Å². The molecule has 1 atom stereocenters. The lowest BCUT2D eigenvalue weighted by molar-refractivity contribution is 0.599. The van der Waals surface area contributed by atoms with Crippen LogP contribution in [-0.4, -0.2) is 6.54 Å². The minimum Gasteiger partial charge on any atom is -0.306 e. The maximum absolute atomic E-state index is 3.72. The summed E-state index contributed by atoms with van der Waals surface area (Å²) in [5.74, 6) is 0. The zero-order valence-corrected chi connectivity index (χ0v) is 13.1. The van der Waals surface area contributed by atoms with Crippen molar-refractivity contribution in [3.63, 3.8) is 0 Å². The fraction of sp³-hybridized carbons (Fsp3) is 0.412. The maximum Gasteiger partial charge on any atom is 0.0678 e. The highest BCUT2D eigenvalue weighted by Gasteiger charge is 2.20. The first-order valence-electron chi connectivity index (χ1n) is 6.98. The van der Waals surface area contributed by atoms with E-state index in [9.17, 15) is 0 Å². The predicted molar refractivity (Wildman–Crippen MR) is 85.1 cm³/mol. The van der Waals surface area contributed by atoms with Gasteiger partial charge >= 0.3 is 0 Å². The summed E-state index contributed by atoms with van der Waals surface area (Å²) in [6.45, 7) is 9.91. The quantitative estimate of drug-likeness (QED) is 0.828. The molecule has 0 saturated carbocycles. The Balaban J connectivity index is 2.46. The topological polar surface area (TPSA) is 12.0 Å². The Kier molecular flexibility index (Phi) is 4.78. The van der Waals surface area contributed by atoms with E-state index in [4.69, 9.17) is 0 Å². The zero-order valence-electron chi connectivity index (χ0n) is 12.3. The van der Waals surface area contributed by atoms with Crippen molar-refractivity contribution < 1.29 is 0 Å². The first kappa shape index (κ1) is 14.3. The number of hydrogen-bond donors (Lipinski definition) is 1. The highest BCUT2D eigenvalue weighted by molar-refractivity contribution is 7.10. The second-order valence-corrected chi connectivity index (χ2v) is 6.11. The largest absolute Gasteiger partial charge is 0.306 e. The van der Waals surface area contributed by atoms with Gasteiger partial charge in [-0.25, -0.2) is 0 Å². The van der Waals surface area contributed by atoms with Gasteiger partial charge in [-0.05, 0) is 67.4 Å². The molecule has 2 aromatic rings. The number of aryl methyl sites for hydroxylation is 3. The second kappa shape index (κ2) is 6.36. The Morgan fingerprint density at radius 2 is 1.74 bits per heavy atom. The zero-order chi connectivity index (χ0) is 13.8. The third-order valence-corrected chi connectivity index (χ3v) is 4.68. The van der Waals surface area contributed by atoms with Crippen LogP contribution >= 0.6 is 11.3 Å². The van der Waals surface area contributed by atoms with Gasteiger partial charge in [-0.3, -0.25) is 0 Å². The monoisotopic (exact) mass is 273 g/mol. The normalized spacial score (nSPS) is 12.6. The lowest BCUT2D eigenvalue weighted by Gasteiger charge is -2.23. The number of thiophene rings is 1. The molecule has 2 heteroatoms. The van der Waals surface area contributed by atoms with Crippen molar-refractivity contribution in [3.8, 4) is 0 Å². The Labute approximate surface area is 120 Å². The summed E-state index contributed by atoms with van der Waals surface area (Å²) in [5.41, 5.74) is 5.59. The van der Waals surface area contributed by atoms with Crippen LogP contribution in [0.5, 0.6) is 0 Å². The van der Waals surface area contributed by atoms with E-state index in [-0.39, 0.29) is 0 Å². The lowest BCUT2D eigenvalue weighted by Crippen LogP contribution is -2.24. The van der Waals surface area contributed by atoms with Crippen LogP contribution in [-0.2, 0) is 0 Å². The smallest absolute Gasteiger partial charge is 0.0678 e. The summed E-state index contributed by atoms with van der Waals surface area (Å²) in [5, 5.41) is 5.91. The molecule has 0 aliphatic heterocycles. The van der Waals surface area contributed by atoms with Crippen molar-refractivity contribution in [1.82, 2.24) is 5.32 Å². The van der Waals surface area contributed by atoms with Crippen LogP contribution in [0.15, 0.2) is 29.6 Å². The van der Waals surface area contributed by atoms with Crippen molar-refractivity contribution in [1.29, 1.82) is 0 Å². The molecular weight excluding hydrogens is 250 g/mol. The minimum absolute atomic E-state index is 0.334. The van der Waals surface area contributed by atoms with Crippen LogP contribution < -0.4 is 5.32 Å². The van der Waals surface area contributed by atoms with E-state index in [0.717, 1.165) is 13.0 Å². The fourth-order valence-corrected chi connectivity index (χ4v) is 3.59. The summed E-state index contributed by atoms with van der Waals surface area (Å²) >= 11 is 1.86. The van der Waals surface area contributed by atoms with E-state index in [1.54, 1.807) is 0 Å². The fourth-order valence-electron chi connectivity index (χ4n) is 2.58. The molecule has 1 N–H and O–H groups in total. The van der Waals surface area contributed by atoms with Crippen molar-refractivity contribution in [3.05, 3.63) is 56.8 Å². The summed E-state index contributed by atoms with van der Waals surface area (Å²) in [6, 6.07) is 9.12. The Hall–Kier alpha value is -1.12. The predicted octanol–water partition coefficient (Wildman–Crippen LogP) is 4.76. The van der Waals surface area contributed by atoms with Crippen LogP contribution in [0.1, 0.15) is 46.5 Å². The van der Waals surface area contributed by atoms with Crippen molar-refractivity contribution in [2.45, 2.75) is 40.2 Å². The molecule has 19 heavy (non-hydrogen) atoms. The lowest BCUT2D eigenvalue weighted by atomic mass is 9.94. The summed E-state index contributed by atoms with van der Waals surface area (Å²) < 4.78 is 0. The minimum atomic E-state index is 0.334. The van der Waals surface area contributed by atoms with Crippen LogP contribution in [0.25, 0.3) is 0 Å². The van der Waals surface area contributed by atoms with E-state index in [2.05, 4.69) is 62.7 Å². The third-order valence-electron chi connectivity index (χ3n) is 3.59. The van der Waals surface area contributed by atoms with Gasteiger partial charge in [0, 0.05) is 4.88 Å². The molecule has 0 radical (unpaired) electrons. The molecule has 0 saturated heterocycles. The summed E-state index contributed by atoms with van der Waals surface area (Å²) in [7, 11) is 0. The molecule has 1 aromatic heterocycles. The number of benzene rings is 1. The van der Waals surface area contributed by atoms with E-state index in [0.29, 0.717) is 6.04 Å². The Morgan fingerprint density at radius 1 is 1.05 bits per heavy atom. The maximum atomic E-state index is 3.72. The molecule has 0 aliphatic rings. The van der Waals surface area contributed by atoms with Crippen LogP contribution in [0, 0.1) is 20.8 Å². The van der Waals surface area contributed by atoms with Crippen LogP contribution in [0.3, 0.4) is 0 Å². The number of rotatable bonds is 5. The molecule has 0 amide bonds. The van der Waals surface area contributed by atoms with E-state index >= 15 is 0 Å². The van der Waals surface area contributed by atoms with Gasteiger partial charge in [-0.2, -0.15) is 0 Å². The van der Waals surface area contributed by atoms with Crippen LogP contribution in [0.2, 0.25) is 0 Å². The average Bonchev–Trinajstić information content (AvgIpc) is 2.79. The third kappa shape index (κ3) is 3.07. The average molecular weight is 273 g/mol. The van der Waals surface area contributed by atoms with Crippen molar-refractivity contribution >= 4 is 11.3 Å².